The van der Waals surface area contributed by atoms with Gasteiger partial charge in [-0.2, -0.15) is 0 Å². The Morgan fingerprint density at radius 3 is 2.52 bits per heavy atom. The van der Waals surface area contributed by atoms with Gasteiger partial charge in [0, 0.05) is 23.0 Å². The molecule has 21 heavy (non-hydrogen) atoms. The van der Waals surface area contributed by atoms with Gasteiger partial charge in [-0.1, -0.05) is 53.1 Å². The summed E-state index contributed by atoms with van der Waals surface area (Å²) in [4.78, 5) is 0. The highest BCUT2D eigenvalue weighted by atomic mass is 35.5. The molecular formula is C18H18ClNO. The molecule has 0 aliphatic rings. The fraction of sp³-hybridized carbons (Fsp3) is 0.222. The van der Waals surface area contributed by atoms with E-state index in [0.29, 0.717) is 11.7 Å². The van der Waals surface area contributed by atoms with E-state index in [4.69, 9.17) is 11.6 Å². The normalized spacial score (nSPS) is 11.2. The first-order chi connectivity index (χ1) is 10.1. The van der Waals surface area contributed by atoms with E-state index in [1.54, 1.807) is 0 Å². The molecule has 0 aliphatic heterocycles. The number of rotatable bonds is 3. The van der Waals surface area contributed by atoms with Gasteiger partial charge >= 0.3 is 0 Å². The molecule has 2 nitrogen and oxygen atoms in total. The largest absolute Gasteiger partial charge is 0.392 e. The summed E-state index contributed by atoms with van der Waals surface area (Å²) in [5.74, 6) is 0. The Morgan fingerprint density at radius 1 is 1.05 bits per heavy atom. The van der Waals surface area contributed by atoms with Gasteiger partial charge in [0.1, 0.15) is 5.15 Å². The fourth-order valence-corrected chi connectivity index (χ4v) is 3.12. The first-order valence-corrected chi connectivity index (χ1v) is 7.41. The topological polar surface area (TPSA) is 25.2 Å². The molecule has 0 unspecified atom stereocenters. The van der Waals surface area contributed by atoms with E-state index in [0.717, 1.165) is 16.5 Å². The Kier molecular flexibility index (Phi) is 3.75. The van der Waals surface area contributed by atoms with Crippen LogP contribution in [0.1, 0.15) is 22.3 Å². The van der Waals surface area contributed by atoms with Crippen molar-refractivity contribution >= 4 is 22.5 Å². The van der Waals surface area contributed by atoms with Crippen LogP contribution in [0.4, 0.5) is 0 Å². The molecule has 0 saturated heterocycles. The second kappa shape index (κ2) is 5.55. The van der Waals surface area contributed by atoms with Gasteiger partial charge in [-0.3, -0.25) is 0 Å². The van der Waals surface area contributed by atoms with Crippen LogP contribution in [0.2, 0.25) is 5.15 Å². The molecule has 108 valence electrons. The van der Waals surface area contributed by atoms with Crippen LogP contribution in [0.5, 0.6) is 0 Å². The molecule has 0 fully saturated rings. The van der Waals surface area contributed by atoms with Crippen LogP contribution in [-0.2, 0) is 13.2 Å². The number of aryl methyl sites for hydroxylation is 2. The van der Waals surface area contributed by atoms with Crippen molar-refractivity contribution in [2.75, 3.05) is 0 Å². The molecule has 3 aromatic rings. The Bertz CT molecular complexity index is 804. The average Bonchev–Trinajstić information content (AvgIpc) is 2.70. The molecule has 0 radical (unpaired) electrons. The summed E-state index contributed by atoms with van der Waals surface area (Å²) in [6.07, 6.45) is 0. The fourth-order valence-electron chi connectivity index (χ4n) is 2.80. The Balaban J connectivity index is 2.16. The van der Waals surface area contributed by atoms with Crippen LogP contribution < -0.4 is 0 Å². The molecular weight excluding hydrogens is 282 g/mol. The van der Waals surface area contributed by atoms with E-state index in [1.807, 2.05) is 6.92 Å². The van der Waals surface area contributed by atoms with E-state index in [1.165, 1.54) is 16.7 Å². The number of aliphatic hydroxyl groups excluding tert-OH is 1. The summed E-state index contributed by atoms with van der Waals surface area (Å²) in [6, 6.07) is 14.6. The van der Waals surface area contributed by atoms with Crippen molar-refractivity contribution in [3.63, 3.8) is 0 Å². The van der Waals surface area contributed by atoms with Crippen LogP contribution in [0, 0.1) is 13.8 Å². The third kappa shape index (κ3) is 2.57. The molecule has 0 bridgehead atoms. The van der Waals surface area contributed by atoms with Gasteiger partial charge < -0.3 is 9.67 Å². The lowest BCUT2D eigenvalue weighted by molar-refractivity contribution is 0.283. The van der Waals surface area contributed by atoms with Gasteiger partial charge in [-0.15, -0.1) is 0 Å². The zero-order chi connectivity index (χ0) is 15.0. The maximum absolute atomic E-state index is 9.63. The van der Waals surface area contributed by atoms with Gasteiger partial charge in [-0.25, -0.2) is 0 Å². The third-order valence-electron chi connectivity index (χ3n) is 3.84. The van der Waals surface area contributed by atoms with Gasteiger partial charge in [0.25, 0.3) is 0 Å². The lowest BCUT2D eigenvalue weighted by atomic mass is 10.1. The average molecular weight is 300 g/mol. The van der Waals surface area contributed by atoms with Crippen molar-refractivity contribution in [1.82, 2.24) is 4.57 Å². The lowest BCUT2D eigenvalue weighted by Gasteiger charge is -2.08. The molecule has 1 heterocycles. The number of benzene rings is 2. The first-order valence-electron chi connectivity index (χ1n) is 7.04. The summed E-state index contributed by atoms with van der Waals surface area (Å²) in [7, 11) is 0. The molecule has 0 aliphatic carbocycles. The smallest absolute Gasteiger partial charge is 0.115 e. The molecule has 0 spiro atoms. The Labute approximate surface area is 129 Å². The highest BCUT2D eigenvalue weighted by molar-refractivity contribution is 6.32. The van der Waals surface area contributed by atoms with E-state index >= 15 is 0 Å². The first kappa shape index (κ1) is 14.2. The van der Waals surface area contributed by atoms with Crippen LogP contribution in [-0.4, -0.2) is 9.67 Å². The lowest BCUT2D eigenvalue weighted by Crippen LogP contribution is -2.00. The zero-order valence-electron chi connectivity index (χ0n) is 12.2. The van der Waals surface area contributed by atoms with Gasteiger partial charge in [0.2, 0.25) is 0 Å². The van der Waals surface area contributed by atoms with Crippen LogP contribution in [0.3, 0.4) is 0 Å². The highest BCUT2D eigenvalue weighted by Gasteiger charge is 2.15. The molecule has 1 aromatic heterocycles. The molecule has 0 saturated carbocycles. The van der Waals surface area contributed by atoms with Crippen molar-refractivity contribution < 1.29 is 5.11 Å². The molecule has 1 N–H and O–H groups in total. The summed E-state index contributed by atoms with van der Waals surface area (Å²) >= 11 is 6.50. The summed E-state index contributed by atoms with van der Waals surface area (Å²) in [6.45, 7) is 4.80. The number of aliphatic hydroxyl groups is 1. The quantitative estimate of drug-likeness (QED) is 0.759. The molecule has 3 heteroatoms. The van der Waals surface area contributed by atoms with Crippen LogP contribution >= 0.6 is 11.6 Å². The standard InChI is InChI=1S/C18H18ClNO/c1-12-4-3-5-14(8-12)10-20-17-7-6-13(2)9-15(17)16(11-21)18(20)19/h3-9,21H,10-11H2,1-2H3. The van der Waals surface area contributed by atoms with Gasteiger partial charge in [0.15, 0.2) is 0 Å². The number of aromatic nitrogens is 1. The maximum atomic E-state index is 9.63. The van der Waals surface area contributed by atoms with E-state index in [2.05, 4.69) is 54.0 Å². The second-order valence-corrected chi connectivity index (χ2v) is 5.88. The summed E-state index contributed by atoms with van der Waals surface area (Å²) in [5, 5.41) is 11.3. The number of fused-ring (bicyclic) bond motifs is 1. The summed E-state index contributed by atoms with van der Waals surface area (Å²) in [5.41, 5.74) is 5.48. The van der Waals surface area contributed by atoms with Crippen LogP contribution in [0.25, 0.3) is 10.9 Å². The molecule has 3 rings (SSSR count). The van der Waals surface area contributed by atoms with Crippen molar-refractivity contribution in [1.29, 1.82) is 0 Å². The minimum atomic E-state index is -0.0421. The number of hydrogen-bond donors (Lipinski definition) is 1. The second-order valence-electron chi connectivity index (χ2n) is 5.52. The molecule has 2 aromatic carbocycles. The number of hydrogen-bond acceptors (Lipinski definition) is 1. The van der Waals surface area contributed by atoms with E-state index in [-0.39, 0.29) is 6.61 Å². The van der Waals surface area contributed by atoms with Crippen LogP contribution in [0.15, 0.2) is 42.5 Å². The van der Waals surface area contributed by atoms with Gasteiger partial charge in [-0.05, 0) is 31.5 Å². The van der Waals surface area contributed by atoms with Crippen molar-refractivity contribution in [2.24, 2.45) is 0 Å². The molecule has 0 atom stereocenters. The Hall–Kier alpha value is -1.77. The zero-order valence-corrected chi connectivity index (χ0v) is 13.0. The SMILES string of the molecule is Cc1cccc(Cn2c(Cl)c(CO)c3cc(C)ccc32)c1. The van der Waals surface area contributed by atoms with Crippen molar-refractivity contribution in [3.8, 4) is 0 Å². The van der Waals surface area contributed by atoms with Gasteiger partial charge in [0.05, 0.1) is 6.61 Å². The molecule has 0 amide bonds. The van der Waals surface area contributed by atoms with Crippen molar-refractivity contribution in [3.05, 3.63) is 69.9 Å². The monoisotopic (exact) mass is 299 g/mol. The summed E-state index contributed by atoms with van der Waals surface area (Å²) < 4.78 is 2.07. The van der Waals surface area contributed by atoms with Crippen molar-refractivity contribution in [2.45, 2.75) is 27.0 Å². The van der Waals surface area contributed by atoms with E-state index in [9.17, 15) is 5.11 Å². The predicted octanol–water partition coefficient (Wildman–Crippen LogP) is 4.45. The minimum absolute atomic E-state index is 0.0421. The predicted molar refractivity (Wildman–Crippen MR) is 87.9 cm³/mol. The maximum Gasteiger partial charge on any atom is 0.115 e. The highest BCUT2D eigenvalue weighted by Crippen LogP contribution is 2.31. The Morgan fingerprint density at radius 2 is 1.81 bits per heavy atom. The third-order valence-corrected chi connectivity index (χ3v) is 4.27. The van der Waals surface area contributed by atoms with E-state index < -0.39 is 0 Å². The minimum Gasteiger partial charge on any atom is -0.392 e. The number of nitrogens with zero attached hydrogens (tertiary/aromatic N) is 1. The number of halogens is 1.